The number of nitrogens with zero attached hydrogens (tertiary/aromatic N) is 2. The summed E-state index contributed by atoms with van der Waals surface area (Å²) in [5.74, 6) is -0.0306. The number of carbonyl (C=O) groups is 1. The van der Waals surface area contributed by atoms with E-state index < -0.39 is 11.7 Å². The van der Waals surface area contributed by atoms with Crippen molar-refractivity contribution in [3.8, 4) is 5.69 Å². The second kappa shape index (κ2) is 7.44. The number of aromatic nitrogens is 2. The fourth-order valence-electron chi connectivity index (χ4n) is 3.71. The van der Waals surface area contributed by atoms with Gasteiger partial charge in [0.1, 0.15) is 5.65 Å². The molecule has 30 heavy (non-hydrogen) atoms. The van der Waals surface area contributed by atoms with Crippen LogP contribution in [0.2, 0.25) is 0 Å². The molecule has 0 radical (unpaired) electrons. The molecule has 0 atom stereocenters. The highest BCUT2D eigenvalue weighted by Gasteiger charge is 2.33. The molecule has 3 nitrogen and oxygen atoms in total. The van der Waals surface area contributed by atoms with Crippen LogP contribution >= 0.6 is 0 Å². The second-order valence-electron chi connectivity index (χ2n) is 7.28. The SMILES string of the molecule is CC(=O)c1ccc(-n2cc(Cc3c(C)cccc3C(F)(F)F)c3cccnc32)cc1. The minimum Gasteiger partial charge on any atom is -0.301 e. The molecule has 0 fully saturated rings. The van der Waals surface area contributed by atoms with E-state index in [4.69, 9.17) is 0 Å². The first-order valence-corrected chi connectivity index (χ1v) is 9.47. The smallest absolute Gasteiger partial charge is 0.301 e. The minimum atomic E-state index is -4.42. The van der Waals surface area contributed by atoms with Gasteiger partial charge in [-0.25, -0.2) is 4.98 Å². The Balaban J connectivity index is 1.84. The first-order valence-electron chi connectivity index (χ1n) is 9.47. The van der Waals surface area contributed by atoms with Crippen molar-refractivity contribution in [2.75, 3.05) is 0 Å². The van der Waals surface area contributed by atoms with Gasteiger partial charge >= 0.3 is 6.18 Å². The van der Waals surface area contributed by atoms with Crippen LogP contribution in [0.5, 0.6) is 0 Å². The summed E-state index contributed by atoms with van der Waals surface area (Å²) in [5, 5.41) is 0.796. The number of fused-ring (bicyclic) bond motifs is 1. The number of pyridine rings is 1. The van der Waals surface area contributed by atoms with E-state index in [9.17, 15) is 18.0 Å². The van der Waals surface area contributed by atoms with Crippen LogP contribution in [0, 0.1) is 6.92 Å². The van der Waals surface area contributed by atoms with Crippen molar-refractivity contribution in [2.45, 2.75) is 26.4 Å². The molecule has 0 aliphatic heterocycles. The Morgan fingerprint density at radius 2 is 1.77 bits per heavy atom. The van der Waals surface area contributed by atoms with Gasteiger partial charge in [-0.2, -0.15) is 13.2 Å². The number of benzene rings is 2. The van der Waals surface area contributed by atoms with Gasteiger partial charge in [0.05, 0.1) is 5.56 Å². The van der Waals surface area contributed by atoms with E-state index >= 15 is 0 Å². The van der Waals surface area contributed by atoms with Crippen LogP contribution in [0.1, 0.15) is 39.5 Å². The van der Waals surface area contributed by atoms with Crippen molar-refractivity contribution in [3.05, 3.63) is 94.8 Å². The van der Waals surface area contributed by atoms with E-state index in [2.05, 4.69) is 4.98 Å². The molecule has 0 unspecified atom stereocenters. The van der Waals surface area contributed by atoms with E-state index in [0.29, 0.717) is 16.8 Å². The molecular weight excluding hydrogens is 389 g/mol. The first-order chi connectivity index (χ1) is 14.3. The largest absolute Gasteiger partial charge is 0.416 e. The van der Waals surface area contributed by atoms with Gasteiger partial charge in [-0.3, -0.25) is 4.79 Å². The number of carbonyl (C=O) groups excluding carboxylic acids is 1. The molecule has 0 spiro atoms. The molecule has 2 aromatic carbocycles. The number of ketones is 1. The maximum absolute atomic E-state index is 13.6. The zero-order valence-electron chi connectivity index (χ0n) is 16.5. The van der Waals surface area contributed by atoms with Crippen LogP contribution in [0.15, 0.2) is 67.0 Å². The summed E-state index contributed by atoms with van der Waals surface area (Å²) < 4.78 is 42.6. The van der Waals surface area contributed by atoms with Crippen molar-refractivity contribution in [3.63, 3.8) is 0 Å². The fraction of sp³-hybridized carbons (Fsp3) is 0.167. The third-order valence-corrected chi connectivity index (χ3v) is 5.28. The maximum Gasteiger partial charge on any atom is 0.416 e. The molecule has 0 amide bonds. The standard InChI is InChI=1S/C24H19F3N2O/c1-15-5-3-7-22(24(25,26)27)21(15)13-18-14-29(23-20(18)6-4-12-28-23)19-10-8-17(9-11-19)16(2)30/h3-12,14H,13H2,1-2H3. The molecule has 0 aliphatic carbocycles. The summed E-state index contributed by atoms with van der Waals surface area (Å²) in [7, 11) is 0. The van der Waals surface area contributed by atoms with Gasteiger partial charge in [0.2, 0.25) is 0 Å². The highest BCUT2D eigenvalue weighted by molar-refractivity contribution is 5.94. The van der Waals surface area contributed by atoms with Gasteiger partial charge in [0.25, 0.3) is 0 Å². The molecule has 152 valence electrons. The van der Waals surface area contributed by atoms with Gasteiger partial charge < -0.3 is 4.57 Å². The van der Waals surface area contributed by atoms with Crippen LogP contribution in [0.3, 0.4) is 0 Å². The van der Waals surface area contributed by atoms with Crippen LogP contribution < -0.4 is 0 Å². The van der Waals surface area contributed by atoms with E-state index in [1.165, 1.54) is 13.0 Å². The number of halogens is 3. The lowest BCUT2D eigenvalue weighted by Gasteiger charge is -2.15. The van der Waals surface area contributed by atoms with Gasteiger partial charge in [-0.15, -0.1) is 0 Å². The highest BCUT2D eigenvalue weighted by atomic mass is 19.4. The molecule has 2 aromatic heterocycles. The summed E-state index contributed by atoms with van der Waals surface area (Å²) >= 11 is 0. The van der Waals surface area contributed by atoms with Crippen molar-refractivity contribution in [2.24, 2.45) is 0 Å². The van der Waals surface area contributed by atoms with Gasteiger partial charge in [0, 0.05) is 35.5 Å². The molecule has 2 heterocycles. The van der Waals surface area contributed by atoms with Crippen LogP contribution in [0.4, 0.5) is 13.2 Å². The zero-order chi connectivity index (χ0) is 21.5. The van der Waals surface area contributed by atoms with Crippen LogP contribution in [-0.4, -0.2) is 15.3 Å². The number of hydrogen-bond donors (Lipinski definition) is 0. The highest BCUT2D eigenvalue weighted by Crippen LogP contribution is 2.35. The van der Waals surface area contributed by atoms with Crippen molar-refractivity contribution < 1.29 is 18.0 Å². The zero-order valence-corrected chi connectivity index (χ0v) is 16.5. The Bertz CT molecular complexity index is 1240. The van der Waals surface area contributed by atoms with Crippen molar-refractivity contribution in [1.29, 1.82) is 0 Å². The lowest BCUT2D eigenvalue weighted by atomic mass is 9.95. The second-order valence-corrected chi connectivity index (χ2v) is 7.28. The molecule has 4 rings (SSSR count). The summed E-state index contributed by atoms with van der Waals surface area (Å²) in [6.45, 7) is 3.20. The normalized spacial score (nSPS) is 11.8. The fourth-order valence-corrected chi connectivity index (χ4v) is 3.71. The summed E-state index contributed by atoms with van der Waals surface area (Å²) in [6.07, 6.45) is -0.794. The molecule has 6 heteroatoms. The predicted molar refractivity (Wildman–Crippen MR) is 110 cm³/mol. The summed E-state index contributed by atoms with van der Waals surface area (Å²) in [6, 6.07) is 15.0. The number of hydrogen-bond acceptors (Lipinski definition) is 2. The number of aryl methyl sites for hydroxylation is 1. The van der Waals surface area contributed by atoms with Gasteiger partial charge in [-0.05, 0) is 73.0 Å². The van der Waals surface area contributed by atoms with Crippen molar-refractivity contribution in [1.82, 2.24) is 9.55 Å². The Labute approximate surface area is 171 Å². The topological polar surface area (TPSA) is 34.9 Å². The minimum absolute atomic E-state index is 0.0306. The third-order valence-electron chi connectivity index (χ3n) is 5.28. The molecule has 0 bridgehead atoms. The van der Waals surface area contributed by atoms with E-state index in [0.717, 1.165) is 22.7 Å². The molecular formula is C24H19F3N2O. The van der Waals surface area contributed by atoms with Gasteiger partial charge in [0.15, 0.2) is 5.78 Å². The molecule has 4 aromatic rings. The average molecular weight is 408 g/mol. The quantitative estimate of drug-likeness (QED) is 0.380. The predicted octanol–water partition coefficient (Wildman–Crippen LogP) is 6.15. The molecule has 0 aliphatic rings. The third kappa shape index (κ3) is 3.61. The van der Waals surface area contributed by atoms with E-state index in [1.807, 2.05) is 29.0 Å². The lowest BCUT2D eigenvalue weighted by molar-refractivity contribution is -0.138. The first kappa shape index (κ1) is 19.9. The molecule has 0 N–H and O–H groups in total. The van der Waals surface area contributed by atoms with Crippen LogP contribution in [0.25, 0.3) is 16.7 Å². The number of alkyl halides is 3. The Kier molecular flexibility index (Phi) is 4.94. The monoisotopic (exact) mass is 408 g/mol. The lowest BCUT2D eigenvalue weighted by Crippen LogP contribution is -2.10. The van der Waals surface area contributed by atoms with E-state index in [1.54, 1.807) is 37.4 Å². The average Bonchev–Trinajstić information content (AvgIpc) is 3.07. The van der Waals surface area contributed by atoms with Crippen molar-refractivity contribution >= 4 is 16.8 Å². The van der Waals surface area contributed by atoms with E-state index in [-0.39, 0.29) is 17.8 Å². The van der Waals surface area contributed by atoms with Gasteiger partial charge in [-0.1, -0.05) is 12.1 Å². The molecule has 0 saturated carbocycles. The summed E-state index contributed by atoms with van der Waals surface area (Å²) in [5.41, 5.74) is 3.05. The Morgan fingerprint density at radius 1 is 1.03 bits per heavy atom. The molecule has 0 saturated heterocycles. The summed E-state index contributed by atoms with van der Waals surface area (Å²) in [4.78, 5) is 16.0. The maximum atomic E-state index is 13.6. The number of Topliss-reactive ketones (excluding diaryl/α,β-unsaturated/α-hetero) is 1. The van der Waals surface area contributed by atoms with Crippen LogP contribution in [-0.2, 0) is 12.6 Å². The number of rotatable bonds is 4. The Hall–Kier alpha value is -3.41. The Morgan fingerprint density at radius 3 is 2.43 bits per heavy atom.